The van der Waals surface area contributed by atoms with E-state index in [4.69, 9.17) is 0 Å². The average Bonchev–Trinajstić information content (AvgIpc) is 2.39. The highest BCUT2D eigenvalue weighted by molar-refractivity contribution is 7.99. The van der Waals surface area contributed by atoms with Gasteiger partial charge in [0.15, 0.2) is 0 Å². The molecule has 0 radical (unpaired) electrons. The van der Waals surface area contributed by atoms with E-state index in [0.29, 0.717) is 10.8 Å². The van der Waals surface area contributed by atoms with Crippen LogP contribution in [0, 0.1) is 5.95 Å². The van der Waals surface area contributed by atoms with E-state index in [-0.39, 0.29) is 11.9 Å². The van der Waals surface area contributed by atoms with E-state index in [1.807, 2.05) is 0 Å². The Hall–Kier alpha value is -1.10. The normalized spacial score (nSPS) is 23.7. The van der Waals surface area contributed by atoms with Gasteiger partial charge < -0.3 is 5.32 Å². The number of amides is 1. The van der Waals surface area contributed by atoms with Crippen molar-refractivity contribution in [1.29, 1.82) is 0 Å². The molecular weight excluding hydrogens is 251 g/mol. The van der Waals surface area contributed by atoms with Crippen LogP contribution < -0.4 is 5.32 Å². The molecule has 0 saturated heterocycles. The third-order valence-corrected chi connectivity index (χ3v) is 4.48. The SMILES string of the molecule is CSC1CCCCC1NC(=O)c1ccnc(F)c1. The van der Waals surface area contributed by atoms with Crippen molar-refractivity contribution in [2.45, 2.75) is 37.0 Å². The smallest absolute Gasteiger partial charge is 0.251 e. The lowest BCUT2D eigenvalue weighted by Crippen LogP contribution is -2.43. The van der Waals surface area contributed by atoms with Crippen LogP contribution in [0.25, 0.3) is 0 Å². The van der Waals surface area contributed by atoms with Gasteiger partial charge in [0, 0.05) is 29.1 Å². The van der Waals surface area contributed by atoms with Crippen molar-refractivity contribution >= 4 is 17.7 Å². The van der Waals surface area contributed by atoms with Crippen LogP contribution in [0.1, 0.15) is 36.0 Å². The fourth-order valence-corrected chi connectivity index (χ4v) is 3.27. The molecule has 3 nitrogen and oxygen atoms in total. The molecule has 2 unspecified atom stereocenters. The summed E-state index contributed by atoms with van der Waals surface area (Å²) < 4.78 is 13.0. The molecule has 0 bridgehead atoms. The van der Waals surface area contributed by atoms with Crippen LogP contribution in [-0.2, 0) is 0 Å². The predicted octanol–water partition coefficient (Wildman–Crippen LogP) is 2.62. The van der Waals surface area contributed by atoms with Crippen LogP contribution in [0.2, 0.25) is 0 Å². The van der Waals surface area contributed by atoms with Gasteiger partial charge in [0.1, 0.15) is 0 Å². The molecule has 1 amide bonds. The number of aromatic nitrogens is 1. The summed E-state index contributed by atoms with van der Waals surface area (Å²) in [5.74, 6) is -0.824. The van der Waals surface area contributed by atoms with Gasteiger partial charge in [-0.25, -0.2) is 4.98 Å². The summed E-state index contributed by atoms with van der Waals surface area (Å²) in [5, 5.41) is 3.48. The van der Waals surface area contributed by atoms with Crippen molar-refractivity contribution in [3.8, 4) is 0 Å². The summed E-state index contributed by atoms with van der Waals surface area (Å²) in [7, 11) is 0. The average molecular weight is 268 g/mol. The van der Waals surface area contributed by atoms with Crippen molar-refractivity contribution in [3.63, 3.8) is 0 Å². The second kappa shape index (κ2) is 6.18. The van der Waals surface area contributed by atoms with Gasteiger partial charge in [-0.1, -0.05) is 12.8 Å². The maximum absolute atomic E-state index is 13.0. The molecule has 0 spiro atoms. The van der Waals surface area contributed by atoms with Crippen molar-refractivity contribution in [2.24, 2.45) is 0 Å². The zero-order chi connectivity index (χ0) is 13.0. The Morgan fingerprint density at radius 3 is 3.00 bits per heavy atom. The number of carbonyl (C=O) groups is 1. The number of nitrogens with one attached hydrogen (secondary N) is 1. The molecule has 0 aliphatic heterocycles. The summed E-state index contributed by atoms with van der Waals surface area (Å²) in [4.78, 5) is 15.5. The quantitative estimate of drug-likeness (QED) is 0.857. The van der Waals surface area contributed by atoms with Crippen LogP contribution >= 0.6 is 11.8 Å². The number of halogens is 1. The Labute approximate surface area is 111 Å². The van der Waals surface area contributed by atoms with E-state index in [1.165, 1.54) is 24.8 Å². The third kappa shape index (κ3) is 3.22. The van der Waals surface area contributed by atoms with Crippen molar-refractivity contribution in [2.75, 3.05) is 6.26 Å². The van der Waals surface area contributed by atoms with E-state index in [0.717, 1.165) is 19.3 Å². The van der Waals surface area contributed by atoms with E-state index in [9.17, 15) is 9.18 Å². The first kappa shape index (κ1) is 13.3. The number of rotatable bonds is 3. The molecule has 1 aromatic heterocycles. The van der Waals surface area contributed by atoms with Gasteiger partial charge in [-0.2, -0.15) is 16.2 Å². The lowest BCUT2D eigenvalue weighted by molar-refractivity contribution is 0.0928. The summed E-state index contributed by atoms with van der Waals surface area (Å²) >= 11 is 1.79. The number of carbonyl (C=O) groups excluding carboxylic acids is 1. The minimum absolute atomic E-state index is 0.192. The molecule has 0 aromatic carbocycles. The van der Waals surface area contributed by atoms with Gasteiger partial charge in [0.2, 0.25) is 5.95 Å². The molecule has 1 aromatic rings. The molecule has 98 valence electrons. The fraction of sp³-hybridized carbons (Fsp3) is 0.538. The first-order valence-corrected chi connectivity index (χ1v) is 7.44. The number of hydrogen-bond acceptors (Lipinski definition) is 3. The molecule has 1 saturated carbocycles. The van der Waals surface area contributed by atoms with Crippen LogP contribution in [0.4, 0.5) is 4.39 Å². The summed E-state index contributed by atoms with van der Waals surface area (Å²) in [6.07, 6.45) is 7.90. The van der Waals surface area contributed by atoms with Gasteiger partial charge in [0.25, 0.3) is 5.91 Å². The topological polar surface area (TPSA) is 42.0 Å². The molecule has 1 aliphatic carbocycles. The van der Waals surface area contributed by atoms with E-state index >= 15 is 0 Å². The van der Waals surface area contributed by atoms with E-state index < -0.39 is 5.95 Å². The van der Waals surface area contributed by atoms with Crippen LogP contribution in [0.3, 0.4) is 0 Å². The highest BCUT2D eigenvalue weighted by Gasteiger charge is 2.26. The molecule has 18 heavy (non-hydrogen) atoms. The van der Waals surface area contributed by atoms with Gasteiger partial charge in [-0.3, -0.25) is 4.79 Å². The first-order valence-electron chi connectivity index (χ1n) is 6.16. The highest BCUT2D eigenvalue weighted by atomic mass is 32.2. The highest BCUT2D eigenvalue weighted by Crippen LogP contribution is 2.27. The van der Waals surface area contributed by atoms with Crippen LogP contribution in [0.5, 0.6) is 0 Å². The maximum atomic E-state index is 13.0. The molecule has 1 N–H and O–H groups in total. The van der Waals surface area contributed by atoms with Gasteiger partial charge in [0.05, 0.1) is 0 Å². The lowest BCUT2D eigenvalue weighted by Gasteiger charge is -2.30. The molecule has 1 fully saturated rings. The van der Waals surface area contributed by atoms with Crippen molar-refractivity contribution < 1.29 is 9.18 Å². The third-order valence-electron chi connectivity index (χ3n) is 3.31. The van der Waals surface area contributed by atoms with E-state index in [2.05, 4.69) is 16.6 Å². The monoisotopic (exact) mass is 268 g/mol. The zero-order valence-electron chi connectivity index (χ0n) is 10.4. The number of hydrogen-bond donors (Lipinski definition) is 1. The van der Waals surface area contributed by atoms with Gasteiger partial charge >= 0.3 is 0 Å². The Balaban J connectivity index is 2.02. The molecule has 5 heteroatoms. The summed E-state index contributed by atoms with van der Waals surface area (Å²) in [5.41, 5.74) is 0.341. The first-order chi connectivity index (χ1) is 8.70. The van der Waals surface area contributed by atoms with Crippen LogP contribution in [-0.4, -0.2) is 28.4 Å². The number of thioether (sulfide) groups is 1. The van der Waals surface area contributed by atoms with Crippen molar-refractivity contribution in [3.05, 3.63) is 29.8 Å². The summed E-state index contributed by atoms with van der Waals surface area (Å²) in [6, 6.07) is 2.90. The minimum Gasteiger partial charge on any atom is -0.348 e. The standard InChI is InChI=1S/C13H17FN2OS/c1-18-11-5-3-2-4-10(11)16-13(17)9-6-7-15-12(14)8-9/h6-8,10-11H,2-5H2,1H3,(H,16,17). The predicted molar refractivity (Wildman–Crippen MR) is 71.2 cm³/mol. The van der Waals surface area contributed by atoms with Crippen LogP contribution in [0.15, 0.2) is 18.3 Å². The Kier molecular flexibility index (Phi) is 4.58. The second-order valence-corrected chi connectivity index (χ2v) is 5.58. The maximum Gasteiger partial charge on any atom is 0.251 e. The summed E-state index contributed by atoms with van der Waals surface area (Å²) in [6.45, 7) is 0. The largest absolute Gasteiger partial charge is 0.348 e. The fourth-order valence-electron chi connectivity index (χ4n) is 2.34. The second-order valence-electron chi connectivity index (χ2n) is 4.51. The molecule has 1 aliphatic rings. The minimum atomic E-state index is -0.618. The van der Waals surface area contributed by atoms with Gasteiger partial charge in [-0.15, -0.1) is 0 Å². The molecule has 2 rings (SSSR count). The van der Waals surface area contributed by atoms with E-state index in [1.54, 1.807) is 11.8 Å². The lowest BCUT2D eigenvalue weighted by atomic mass is 9.94. The number of pyridine rings is 1. The molecular formula is C13H17FN2OS. The molecule has 1 heterocycles. The zero-order valence-corrected chi connectivity index (χ0v) is 11.2. The Bertz CT molecular complexity index is 427. The Morgan fingerprint density at radius 2 is 2.28 bits per heavy atom. The van der Waals surface area contributed by atoms with Gasteiger partial charge in [-0.05, 0) is 25.2 Å². The van der Waals surface area contributed by atoms with Crippen molar-refractivity contribution in [1.82, 2.24) is 10.3 Å². The molecule has 2 atom stereocenters. The Morgan fingerprint density at radius 1 is 1.50 bits per heavy atom. The number of nitrogens with zero attached hydrogens (tertiary/aromatic N) is 1.